The van der Waals surface area contributed by atoms with Gasteiger partial charge in [-0.05, 0) is 30.9 Å². The van der Waals surface area contributed by atoms with Gasteiger partial charge < -0.3 is 4.74 Å². The van der Waals surface area contributed by atoms with Gasteiger partial charge in [0, 0.05) is 0 Å². The second-order valence-electron chi connectivity index (χ2n) is 5.01. The van der Waals surface area contributed by atoms with Crippen molar-refractivity contribution in [3.63, 3.8) is 0 Å². The fourth-order valence-electron chi connectivity index (χ4n) is 1.75. The van der Waals surface area contributed by atoms with E-state index in [1.54, 1.807) is 0 Å². The number of allylic oxidation sites excluding steroid dienone is 3. The minimum absolute atomic E-state index is 0.227. The Bertz CT molecular complexity index is 458. The number of carbonyl (C=O) groups excluding carboxylic acids is 1. The Morgan fingerprint density at radius 3 is 2.65 bits per heavy atom. The third-order valence-electron chi connectivity index (χ3n) is 3.23. The lowest BCUT2D eigenvalue weighted by Gasteiger charge is -2.06. The predicted octanol–water partition coefficient (Wildman–Crippen LogP) is 4.67. The van der Waals surface area contributed by atoms with E-state index in [0.29, 0.717) is 12.3 Å². The number of hydrogen-bond acceptors (Lipinski definition) is 2. The summed E-state index contributed by atoms with van der Waals surface area (Å²) in [6, 6.07) is 9.61. The summed E-state index contributed by atoms with van der Waals surface area (Å²) in [5, 5.41) is 0. The lowest BCUT2D eigenvalue weighted by Crippen LogP contribution is -2.04. The summed E-state index contributed by atoms with van der Waals surface area (Å²) in [7, 11) is 0. The predicted molar refractivity (Wildman–Crippen MR) is 83.2 cm³/mol. The zero-order valence-corrected chi connectivity index (χ0v) is 12.6. The van der Waals surface area contributed by atoms with Crippen molar-refractivity contribution in [3.8, 4) is 0 Å². The van der Waals surface area contributed by atoms with E-state index in [9.17, 15) is 4.79 Å². The van der Waals surface area contributed by atoms with E-state index in [1.165, 1.54) is 11.8 Å². The van der Waals surface area contributed by atoms with Crippen LogP contribution in [0, 0.1) is 5.92 Å². The van der Waals surface area contributed by atoms with Crippen LogP contribution in [0.3, 0.4) is 0 Å². The Morgan fingerprint density at radius 2 is 2.00 bits per heavy atom. The Balaban J connectivity index is 2.38. The monoisotopic (exact) mass is 272 g/mol. The van der Waals surface area contributed by atoms with Gasteiger partial charge in [0.15, 0.2) is 0 Å². The summed E-state index contributed by atoms with van der Waals surface area (Å²) in [6.45, 7) is 6.37. The standard InChI is InChI=1S/C18H24O2/c1-4-5-9-15(2)16(3)12-13-20-18(19)14-17-10-7-6-8-11-17/h6-13,16H,4-5,14H2,1-3H3/b13-12+,15-9+. The van der Waals surface area contributed by atoms with Crippen molar-refractivity contribution in [1.82, 2.24) is 0 Å². The van der Waals surface area contributed by atoms with Crippen LogP contribution in [0.15, 0.2) is 54.3 Å². The maximum atomic E-state index is 11.6. The summed E-state index contributed by atoms with van der Waals surface area (Å²) in [5.41, 5.74) is 2.28. The molecule has 0 aliphatic heterocycles. The zero-order valence-electron chi connectivity index (χ0n) is 12.6. The molecule has 0 aliphatic rings. The van der Waals surface area contributed by atoms with Crippen LogP contribution in [-0.2, 0) is 16.0 Å². The Labute approximate surface area is 122 Å². The maximum absolute atomic E-state index is 11.6. The maximum Gasteiger partial charge on any atom is 0.315 e. The molecular formula is C18H24O2. The molecule has 1 aromatic rings. The third kappa shape index (κ3) is 6.37. The number of ether oxygens (including phenoxy) is 1. The molecule has 0 saturated heterocycles. The summed E-state index contributed by atoms with van der Waals surface area (Å²) in [4.78, 5) is 11.6. The van der Waals surface area contributed by atoms with Gasteiger partial charge in [-0.3, -0.25) is 4.79 Å². The molecule has 0 aliphatic carbocycles. The van der Waals surface area contributed by atoms with Crippen LogP contribution in [0.4, 0.5) is 0 Å². The van der Waals surface area contributed by atoms with E-state index in [0.717, 1.165) is 18.4 Å². The molecule has 2 nitrogen and oxygen atoms in total. The summed E-state index contributed by atoms with van der Waals surface area (Å²) in [5.74, 6) is 0.0703. The van der Waals surface area contributed by atoms with Crippen molar-refractivity contribution in [2.75, 3.05) is 0 Å². The topological polar surface area (TPSA) is 26.3 Å². The van der Waals surface area contributed by atoms with Crippen LogP contribution in [-0.4, -0.2) is 5.97 Å². The summed E-state index contributed by atoms with van der Waals surface area (Å²) in [6.07, 6.45) is 8.23. The molecule has 2 heteroatoms. The Hall–Kier alpha value is -1.83. The molecule has 1 unspecified atom stereocenters. The van der Waals surface area contributed by atoms with E-state index in [2.05, 4.69) is 26.8 Å². The first-order valence-electron chi connectivity index (χ1n) is 7.20. The lowest BCUT2D eigenvalue weighted by molar-refractivity contribution is -0.137. The molecule has 0 amide bonds. The first-order chi connectivity index (χ1) is 9.63. The molecule has 0 fully saturated rings. The highest BCUT2D eigenvalue weighted by Gasteiger charge is 2.03. The number of carbonyl (C=O) groups is 1. The van der Waals surface area contributed by atoms with Crippen LogP contribution in [0.2, 0.25) is 0 Å². The van der Waals surface area contributed by atoms with E-state index in [-0.39, 0.29) is 5.97 Å². The fraction of sp³-hybridized carbons (Fsp3) is 0.389. The number of esters is 1. The zero-order chi connectivity index (χ0) is 14.8. The highest BCUT2D eigenvalue weighted by Crippen LogP contribution is 2.12. The van der Waals surface area contributed by atoms with Gasteiger partial charge in [0.05, 0.1) is 12.7 Å². The molecule has 1 atom stereocenters. The van der Waals surface area contributed by atoms with E-state index >= 15 is 0 Å². The van der Waals surface area contributed by atoms with E-state index in [4.69, 9.17) is 4.74 Å². The van der Waals surface area contributed by atoms with Gasteiger partial charge in [-0.2, -0.15) is 0 Å². The highest BCUT2D eigenvalue weighted by atomic mass is 16.5. The van der Waals surface area contributed by atoms with Crippen molar-refractivity contribution >= 4 is 5.97 Å². The van der Waals surface area contributed by atoms with Gasteiger partial charge in [-0.1, -0.05) is 62.2 Å². The molecule has 1 rings (SSSR count). The van der Waals surface area contributed by atoms with Crippen LogP contribution in [0.1, 0.15) is 39.2 Å². The number of hydrogen-bond donors (Lipinski definition) is 0. The SMILES string of the molecule is CCC/C=C(\C)C(C)/C=C/OC(=O)Cc1ccccc1. The number of benzene rings is 1. The van der Waals surface area contributed by atoms with Gasteiger partial charge in [-0.25, -0.2) is 0 Å². The Morgan fingerprint density at radius 1 is 1.30 bits per heavy atom. The molecule has 0 spiro atoms. The molecule has 0 saturated carbocycles. The molecule has 108 valence electrons. The molecule has 0 aromatic heterocycles. The smallest absolute Gasteiger partial charge is 0.315 e. The van der Waals surface area contributed by atoms with Crippen molar-refractivity contribution in [2.24, 2.45) is 5.92 Å². The first kappa shape index (κ1) is 16.2. The highest BCUT2D eigenvalue weighted by molar-refractivity contribution is 5.73. The van der Waals surface area contributed by atoms with Crippen molar-refractivity contribution in [2.45, 2.75) is 40.0 Å². The van der Waals surface area contributed by atoms with Gasteiger partial charge >= 0.3 is 5.97 Å². The minimum atomic E-state index is -0.227. The van der Waals surface area contributed by atoms with Gasteiger partial charge in [-0.15, -0.1) is 0 Å². The minimum Gasteiger partial charge on any atom is -0.435 e. The third-order valence-corrected chi connectivity index (χ3v) is 3.23. The van der Waals surface area contributed by atoms with Crippen molar-refractivity contribution in [1.29, 1.82) is 0 Å². The van der Waals surface area contributed by atoms with Crippen LogP contribution < -0.4 is 0 Å². The van der Waals surface area contributed by atoms with Crippen molar-refractivity contribution < 1.29 is 9.53 Å². The normalized spacial score (nSPS) is 13.4. The first-order valence-corrected chi connectivity index (χ1v) is 7.20. The van der Waals surface area contributed by atoms with Gasteiger partial charge in [0.2, 0.25) is 0 Å². The molecule has 0 heterocycles. The average molecular weight is 272 g/mol. The van der Waals surface area contributed by atoms with Crippen LogP contribution in [0.5, 0.6) is 0 Å². The van der Waals surface area contributed by atoms with E-state index in [1.807, 2.05) is 36.4 Å². The summed E-state index contributed by atoms with van der Waals surface area (Å²) >= 11 is 0. The largest absolute Gasteiger partial charge is 0.435 e. The van der Waals surface area contributed by atoms with Crippen molar-refractivity contribution in [3.05, 3.63) is 59.9 Å². The molecule has 20 heavy (non-hydrogen) atoms. The van der Waals surface area contributed by atoms with Gasteiger partial charge in [0.1, 0.15) is 0 Å². The molecule has 1 aromatic carbocycles. The lowest BCUT2D eigenvalue weighted by atomic mass is 10.0. The number of rotatable bonds is 7. The molecule has 0 radical (unpaired) electrons. The van der Waals surface area contributed by atoms with Crippen LogP contribution >= 0.6 is 0 Å². The quantitative estimate of drug-likeness (QED) is 0.409. The van der Waals surface area contributed by atoms with Gasteiger partial charge in [0.25, 0.3) is 0 Å². The second kappa shape index (κ2) is 9.13. The molecule has 0 N–H and O–H groups in total. The fourth-order valence-corrected chi connectivity index (χ4v) is 1.75. The molecule has 0 bridgehead atoms. The molecular weight excluding hydrogens is 248 g/mol. The van der Waals surface area contributed by atoms with Crippen LogP contribution in [0.25, 0.3) is 0 Å². The number of unbranched alkanes of at least 4 members (excludes halogenated alkanes) is 1. The summed E-state index contributed by atoms with van der Waals surface area (Å²) < 4.78 is 5.12. The second-order valence-corrected chi connectivity index (χ2v) is 5.01. The average Bonchev–Trinajstić information content (AvgIpc) is 2.45. The van der Waals surface area contributed by atoms with E-state index < -0.39 is 0 Å². The Kier molecular flexibility index (Phi) is 7.41.